The van der Waals surface area contributed by atoms with Gasteiger partial charge < -0.3 is 5.11 Å². The van der Waals surface area contributed by atoms with Crippen molar-refractivity contribution in [1.29, 1.82) is 0 Å². The quantitative estimate of drug-likeness (QED) is 0.536. The van der Waals surface area contributed by atoms with Gasteiger partial charge in [-0.3, -0.25) is 0 Å². The number of thiophene rings is 1. The van der Waals surface area contributed by atoms with Gasteiger partial charge in [0, 0.05) is 27.6 Å². The van der Waals surface area contributed by atoms with Crippen molar-refractivity contribution in [2.75, 3.05) is 6.61 Å². The van der Waals surface area contributed by atoms with Crippen molar-refractivity contribution < 1.29 is 5.11 Å². The molecule has 0 aliphatic heterocycles. The Morgan fingerprint density at radius 1 is 1.32 bits per heavy atom. The third-order valence-corrected chi connectivity index (χ3v) is 4.32. The molecule has 5 heteroatoms. The normalized spacial score (nSPS) is 10.1. The molecule has 0 unspecified atom stereocenters. The molecule has 0 radical (unpaired) electrons. The van der Waals surface area contributed by atoms with Gasteiger partial charge in [0.2, 0.25) is 0 Å². The molecule has 0 saturated carbocycles. The summed E-state index contributed by atoms with van der Waals surface area (Å²) in [5.41, 5.74) is 2.96. The lowest BCUT2D eigenvalue weighted by molar-refractivity contribution is 0.350. The van der Waals surface area contributed by atoms with Crippen LogP contribution >= 0.6 is 23.1 Å². The van der Waals surface area contributed by atoms with Gasteiger partial charge in [-0.05, 0) is 31.4 Å². The van der Waals surface area contributed by atoms with E-state index in [0.717, 1.165) is 27.9 Å². The smallest absolute Gasteiger partial charge is 0.188 e. The molecule has 0 bridgehead atoms. The topological polar surface area (TPSA) is 46.0 Å². The second kappa shape index (κ2) is 6.71. The summed E-state index contributed by atoms with van der Waals surface area (Å²) >= 11 is 3.28. The highest BCUT2D eigenvalue weighted by Gasteiger charge is 2.05. The Balaban J connectivity index is 2.08. The van der Waals surface area contributed by atoms with Gasteiger partial charge in [-0.25, -0.2) is 9.97 Å². The van der Waals surface area contributed by atoms with Crippen LogP contribution in [0.25, 0.3) is 0 Å². The van der Waals surface area contributed by atoms with Gasteiger partial charge in [0.15, 0.2) is 5.16 Å². The second-order valence-electron chi connectivity index (χ2n) is 3.94. The minimum Gasteiger partial charge on any atom is -0.384 e. The van der Waals surface area contributed by atoms with E-state index in [1.54, 1.807) is 23.1 Å². The molecule has 0 fully saturated rings. The van der Waals surface area contributed by atoms with E-state index in [2.05, 4.69) is 21.8 Å². The summed E-state index contributed by atoms with van der Waals surface area (Å²) in [5, 5.41) is 11.5. The Hall–Kier alpha value is -1.35. The zero-order chi connectivity index (χ0) is 13.7. The maximum absolute atomic E-state index is 8.73. The molecule has 2 aromatic rings. The summed E-state index contributed by atoms with van der Waals surface area (Å²) in [6.07, 6.45) is 0. The first-order valence-electron chi connectivity index (χ1n) is 5.80. The molecule has 2 aromatic heterocycles. The fraction of sp³-hybridized carbons (Fsp3) is 0.286. The van der Waals surface area contributed by atoms with Gasteiger partial charge in [0.05, 0.1) is 0 Å². The molecule has 19 heavy (non-hydrogen) atoms. The zero-order valence-corrected chi connectivity index (χ0v) is 12.4. The fourth-order valence-corrected chi connectivity index (χ4v) is 3.48. The van der Waals surface area contributed by atoms with Gasteiger partial charge in [0.1, 0.15) is 6.61 Å². The van der Waals surface area contributed by atoms with Crippen LogP contribution in [0.15, 0.2) is 22.7 Å². The summed E-state index contributed by atoms with van der Waals surface area (Å²) in [4.78, 5) is 10.0. The van der Waals surface area contributed by atoms with Crippen molar-refractivity contribution in [2.45, 2.75) is 24.8 Å². The van der Waals surface area contributed by atoms with E-state index in [9.17, 15) is 0 Å². The number of hydrogen-bond acceptors (Lipinski definition) is 5. The highest BCUT2D eigenvalue weighted by atomic mass is 32.2. The first-order chi connectivity index (χ1) is 9.19. The predicted octanol–water partition coefficient (Wildman–Crippen LogP) is 2.79. The number of nitrogens with zero attached hydrogens (tertiary/aromatic N) is 2. The zero-order valence-electron chi connectivity index (χ0n) is 10.8. The molecule has 0 aromatic carbocycles. The summed E-state index contributed by atoms with van der Waals surface area (Å²) in [6.45, 7) is 3.84. The summed E-state index contributed by atoms with van der Waals surface area (Å²) in [7, 11) is 0. The Morgan fingerprint density at radius 2 is 2.05 bits per heavy atom. The van der Waals surface area contributed by atoms with E-state index < -0.39 is 0 Å². The van der Waals surface area contributed by atoms with Gasteiger partial charge in [0.25, 0.3) is 0 Å². The van der Waals surface area contributed by atoms with Gasteiger partial charge in [-0.1, -0.05) is 23.6 Å². The van der Waals surface area contributed by atoms with E-state index in [-0.39, 0.29) is 6.61 Å². The molecule has 2 rings (SSSR count). The SMILES string of the molecule is Cc1cc(C)nc(SCc2sccc2C#CCO)n1. The van der Waals surface area contributed by atoms with E-state index in [1.807, 2.05) is 31.4 Å². The molecule has 98 valence electrons. The molecule has 2 heterocycles. The Bertz CT molecular complexity index is 606. The molecule has 0 amide bonds. The maximum Gasteiger partial charge on any atom is 0.188 e. The fourth-order valence-electron chi connectivity index (χ4n) is 1.59. The number of aromatic nitrogens is 2. The second-order valence-corrected chi connectivity index (χ2v) is 5.88. The van der Waals surface area contributed by atoms with Gasteiger partial charge >= 0.3 is 0 Å². The average molecular weight is 290 g/mol. The maximum atomic E-state index is 8.73. The lowest BCUT2D eigenvalue weighted by Gasteiger charge is -2.02. The Kier molecular flexibility index (Phi) is 4.97. The van der Waals surface area contributed by atoms with Crippen LogP contribution in [0.2, 0.25) is 0 Å². The van der Waals surface area contributed by atoms with E-state index in [4.69, 9.17) is 5.11 Å². The van der Waals surface area contributed by atoms with Crippen molar-refractivity contribution in [3.63, 3.8) is 0 Å². The number of rotatable bonds is 3. The standard InChI is InChI=1S/C14H14N2OS2/c1-10-8-11(2)16-14(15-10)19-9-13-12(4-3-6-17)5-7-18-13/h5,7-8,17H,6,9H2,1-2H3. The molecule has 0 saturated heterocycles. The van der Waals surface area contributed by atoms with E-state index in [1.165, 1.54) is 4.88 Å². The Labute approximate surface area is 121 Å². The molecule has 1 N–H and O–H groups in total. The largest absolute Gasteiger partial charge is 0.384 e. The average Bonchev–Trinajstić information content (AvgIpc) is 2.80. The van der Waals surface area contributed by atoms with Crippen LogP contribution in [-0.2, 0) is 5.75 Å². The minimum atomic E-state index is -0.109. The summed E-state index contributed by atoms with van der Waals surface area (Å²) in [5.74, 6) is 6.44. The van der Waals surface area contributed by atoms with E-state index >= 15 is 0 Å². The lowest BCUT2D eigenvalue weighted by Crippen LogP contribution is -1.93. The van der Waals surface area contributed by atoms with Crippen molar-refractivity contribution >= 4 is 23.1 Å². The number of thioether (sulfide) groups is 1. The molecule has 3 nitrogen and oxygen atoms in total. The van der Waals surface area contributed by atoms with Gasteiger partial charge in [-0.2, -0.15) is 0 Å². The molecule has 0 atom stereocenters. The Morgan fingerprint density at radius 3 is 2.74 bits per heavy atom. The highest BCUT2D eigenvalue weighted by Crippen LogP contribution is 2.25. The van der Waals surface area contributed by atoms with Crippen molar-refractivity contribution in [2.24, 2.45) is 0 Å². The minimum absolute atomic E-state index is 0.109. The first kappa shape index (κ1) is 14.1. The van der Waals surface area contributed by atoms with Crippen molar-refractivity contribution in [3.8, 4) is 11.8 Å². The van der Waals surface area contributed by atoms with Crippen LogP contribution < -0.4 is 0 Å². The van der Waals surface area contributed by atoms with Crippen LogP contribution in [0.5, 0.6) is 0 Å². The first-order valence-corrected chi connectivity index (χ1v) is 7.66. The number of aliphatic hydroxyl groups is 1. The van der Waals surface area contributed by atoms with Crippen molar-refractivity contribution in [3.05, 3.63) is 39.3 Å². The van der Waals surface area contributed by atoms with Crippen LogP contribution in [0.1, 0.15) is 21.8 Å². The lowest BCUT2D eigenvalue weighted by atomic mass is 10.3. The van der Waals surface area contributed by atoms with Crippen LogP contribution in [0.3, 0.4) is 0 Å². The number of aryl methyl sites for hydroxylation is 2. The molecular formula is C14H14N2OS2. The summed E-state index contributed by atoms with van der Waals surface area (Å²) < 4.78 is 0. The highest BCUT2D eigenvalue weighted by molar-refractivity contribution is 7.98. The molecular weight excluding hydrogens is 276 g/mol. The summed E-state index contributed by atoms with van der Waals surface area (Å²) in [6, 6.07) is 3.94. The van der Waals surface area contributed by atoms with Crippen molar-refractivity contribution in [1.82, 2.24) is 9.97 Å². The molecule has 0 aliphatic rings. The van der Waals surface area contributed by atoms with Crippen LogP contribution in [0, 0.1) is 25.7 Å². The van der Waals surface area contributed by atoms with Crippen LogP contribution in [-0.4, -0.2) is 21.7 Å². The monoisotopic (exact) mass is 290 g/mol. The van der Waals surface area contributed by atoms with Gasteiger partial charge in [-0.15, -0.1) is 11.3 Å². The molecule has 0 spiro atoms. The molecule has 0 aliphatic carbocycles. The number of hydrogen-bond donors (Lipinski definition) is 1. The third kappa shape index (κ3) is 4.06. The van der Waals surface area contributed by atoms with Crippen LogP contribution in [0.4, 0.5) is 0 Å². The third-order valence-electron chi connectivity index (χ3n) is 2.34. The van der Waals surface area contributed by atoms with E-state index in [0.29, 0.717) is 0 Å². The number of aliphatic hydroxyl groups excluding tert-OH is 1. The predicted molar refractivity (Wildman–Crippen MR) is 79.3 cm³/mol.